The Bertz CT molecular complexity index is 145. The SMILES string of the molecule is CC(C)C(NBr)P(=O)(O)O. The van der Waals surface area contributed by atoms with Gasteiger partial charge in [-0.05, 0) is 5.92 Å². The van der Waals surface area contributed by atoms with Crippen LogP contribution in [0.3, 0.4) is 0 Å². The van der Waals surface area contributed by atoms with Gasteiger partial charge in [0, 0.05) is 16.1 Å². The monoisotopic (exact) mass is 231 g/mol. The van der Waals surface area contributed by atoms with E-state index in [2.05, 4.69) is 20.5 Å². The molecule has 0 saturated carbocycles. The molecule has 0 aromatic heterocycles. The van der Waals surface area contributed by atoms with E-state index in [0.29, 0.717) is 0 Å². The molecule has 0 aliphatic rings. The topological polar surface area (TPSA) is 69.6 Å². The molecule has 0 fully saturated rings. The van der Waals surface area contributed by atoms with Crippen LogP contribution < -0.4 is 4.34 Å². The van der Waals surface area contributed by atoms with Gasteiger partial charge in [0.05, 0.1) is 0 Å². The number of rotatable bonds is 3. The van der Waals surface area contributed by atoms with E-state index in [4.69, 9.17) is 9.79 Å². The number of halogens is 1. The molecule has 1 atom stereocenters. The van der Waals surface area contributed by atoms with E-state index >= 15 is 0 Å². The molecule has 0 saturated heterocycles. The maximum absolute atomic E-state index is 10.6. The summed E-state index contributed by atoms with van der Waals surface area (Å²) in [5.74, 6) is -0.896. The lowest BCUT2D eigenvalue weighted by Crippen LogP contribution is -2.26. The summed E-state index contributed by atoms with van der Waals surface area (Å²) in [5, 5.41) is 0. The van der Waals surface area contributed by atoms with Crippen LogP contribution in [-0.4, -0.2) is 15.6 Å². The van der Waals surface area contributed by atoms with Crippen LogP contribution in [0.25, 0.3) is 0 Å². The lowest BCUT2D eigenvalue weighted by molar-refractivity contribution is 0.339. The van der Waals surface area contributed by atoms with E-state index in [-0.39, 0.29) is 5.92 Å². The van der Waals surface area contributed by atoms with Gasteiger partial charge in [0.15, 0.2) is 0 Å². The zero-order valence-corrected chi connectivity index (χ0v) is 8.26. The van der Waals surface area contributed by atoms with Crippen LogP contribution >= 0.6 is 23.7 Å². The molecule has 0 aromatic carbocycles. The van der Waals surface area contributed by atoms with Crippen molar-refractivity contribution in [2.45, 2.75) is 19.6 Å². The predicted octanol–water partition coefficient (Wildman–Crippen LogP) is 1.05. The van der Waals surface area contributed by atoms with Crippen molar-refractivity contribution < 1.29 is 14.4 Å². The number of hydrogen-bond acceptors (Lipinski definition) is 2. The maximum atomic E-state index is 10.6. The summed E-state index contributed by atoms with van der Waals surface area (Å²) in [7, 11) is -3.99. The average molecular weight is 232 g/mol. The van der Waals surface area contributed by atoms with E-state index < -0.39 is 13.4 Å². The quantitative estimate of drug-likeness (QED) is 0.502. The van der Waals surface area contributed by atoms with Gasteiger partial charge in [-0.25, -0.2) is 4.34 Å². The highest BCUT2D eigenvalue weighted by molar-refractivity contribution is 9.08. The van der Waals surface area contributed by atoms with Crippen molar-refractivity contribution >= 4 is 23.7 Å². The minimum atomic E-state index is -3.99. The first-order valence-corrected chi connectivity index (χ1v) is 5.28. The summed E-state index contributed by atoms with van der Waals surface area (Å²) >= 11 is 2.81. The molecule has 0 amide bonds. The first kappa shape index (κ1) is 10.6. The third-order valence-corrected chi connectivity index (χ3v) is 3.40. The third-order valence-electron chi connectivity index (χ3n) is 1.11. The fourth-order valence-electron chi connectivity index (χ4n) is 0.578. The summed E-state index contributed by atoms with van der Waals surface area (Å²) < 4.78 is 13.0. The summed E-state index contributed by atoms with van der Waals surface area (Å²) in [6.45, 7) is 3.47. The standard InChI is InChI=1S/C4H11BrNO3P/c1-3(2)4(6-5)10(7,8)9/h3-4,6H,1-2H3,(H2,7,8,9). The highest BCUT2D eigenvalue weighted by atomic mass is 79.9. The van der Waals surface area contributed by atoms with Gasteiger partial charge < -0.3 is 9.79 Å². The van der Waals surface area contributed by atoms with Crippen molar-refractivity contribution in [1.29, 1.82) is 0 Å². The van der Waals surface area contributed by atoms with Crippen LogP contribution in [0.1, 0.15) is 13.8 Å². The van der Waals surface area contributed by atoms with E-state index in [1.165, 1.54) is 0 Å². The molecule has 0 heterocycles. The molecule has 6 heteroatoms. The van der Waals surface area contributed by atoms with Gasteiger partial charge in [-0.1, -0.05) is 13.8 Å². The number of hydrogen-bond donors (Lipinski definition) is 3. The zero-order chi connectivity index (χ0) is 8.36. The minimum absolute atomic E-state index is 0.0970. The van der Waals surface area contributed by atoms with Crippen molar-refractivity contribution in [3.63, 3.8) is 0 Å². The predicted molar refractivity (Wildman–Crippen MR) is 42.7 cm³/mol. The summed E-state index contributed by atoms with van der Waals surface area (Å²) in [4.78, 5) is 17.3. The van der Waals surface area contributed by atoms with Crippen LogP contribution in [-0.2, 0) is 4.57 Å². The zero-order valence-electron chi connectivity index (χ0n) is 5.78. The molecule has 0 rings (SSSR count). The molecule has 0 radical (unpaired) electrons. The van der Waals surface area contributed by atoms with E-state index in [0.717, 1.165) is 0 Å². The molecule has 1 unspecified atom stereocenters. The lowest BCUT2D eigenvalue weighted by atomic mass is 10.2. The van der Waals surface area contributed by atoms with Crippen molar-refractivity contribution in [2.75, 3.05) is 0 Å². The van der Waals surface area contributed by atoms with Crippen LogP contribution in [0.4, 0.5) is 0 Å². The Morgan fingerprint density at radius 1 is 1.50 bits per heavy atom. The largest absolute Gasteiger partial charge is 0.343 e. The Hall–Kier alpha value is 0.590. The smallest absolute Gasteiger partial charge is 0.323 e. The Kier molecular flexibility index (Phi) is 4.06. The van der Waals surface area contributed by atoms with E-state index in [1.54, 1.807) is 13.8 Å². The van der Waals surface area contributed by atoms with Gasteiger partial charge in [0.2, 0.25) is 0 Å². The summed E-state index contributed by atoms with van der Waals surface area (Å²) in [6, 6.07) is 0. The molecule has 4 nitrogen and oxygen atoms in total. The maximum Gasteiger partial charge on any atom is 0.343 e. The molecule has 10 heavy (non-hydrogen) atoms. The lowest BCUT2D eigenvalue weighted by Gasteiger charge is -2.19. The van der Waals surface area contributed by atoms with Gasteiger partial charge in [-0.3, -0.25) is 4.57 Å². The van der Waals surface area contributed by atoms with Crippen LogP contribution in [0.15, 0.2) is 0 Å². The first-order valence-electron chi connectivity index (χ1n) is 2.81. The van der Waals surface area contributed by atoms with Crippen LogP contribution in [0, 0.1) is 5.92 Å². The molecular formula is C4H11BrNO3P. The van der Waals surface area contributed by atoms with Gasteiger partial charge >= 0.3 is 7.60 Å². The second-order valence-corrected chi connectivity index (χ2v) is 4.58. The van der Waals surface area contributed by atoms with E-state index in [1.807, 2.05) is 0 Å². The van der Waals surface area contributed by atoms with Gasteiger partial charge in [-0.2, -0.15) is 0 Å². The highest BCUT2D eigenvalue weighted by Crippen LogP contribution is 2.43. The molecule has 0 aromatic rings. The fraction of sp³-hybridized carbons (Fsp3) is 1.00. The second kappa shape index (κ2) is 3.83. The molecule has 0 aliphatic heterocycles. The van der Waals surface area contributed by atoms with Crippen LogP contribution in [0.5, 0.6) is 0 Å². The third kappa shape index (κ3) is 3.12. The Balaban J connectivity index is 4.22. The highest BCUT2D eigenvalue weighted by Gasteiger charge is 2.30. The van der Waals surface area contributed by atoms with Gasteiger partial charge in [0.1, 0.15) is 5.78 Å². The molecular weight excluding hydrogens is 221 g/mol. The van der Waals surface area contributed by atoms with Crippen molar-refractivity contribution in [3.8, 4) is 0 Å². The molecule has 0 spiro atoms. The molecule has 0 bridgehead atoms. The van der Waals surface area contributed by atoms with Crippen molar-refractivity contribution in [1.82, 2.24) is 4.34 Å². The van der Waals surface area contributed by atoms with E-state index in [9.17, 15) is 4.57 Å². The molecule has 3 N–H and O–H groups in total. The van der Waals surface area contributed by atoms with Gasteiger partial charge in [-0.15, -0.1) is 0 Å². The van der Waals surface area contributed by atoms with Crippen molar-refractivity contribution in [3.05, 3.63) is 0 Å². The Morgan fingerprint density at radius 3 is 1.90 bits per heavy atom. The number of nitrogens with one attached hydrogen (secondary N) is 1. The average Bonchev–Trinajstić information content (AvgIpc) is 1.60. The van der Waals surface area contributed by atoms with Crippen LogP contribution in [0.2, 0.25) is 0 Å². The second-order valence-electron chi connectivity index (χ2n) is 2.39. The van der Waals surface area contributed by atoms with Gasteiger partial charge in [0.25, 0.3) is 0 Å². The summed E-state index contributed by atoms with van der Waals surface area (Å²) in [6.07, 6.45) is 0. The first-order chi connectivity index (χ1) is 4.39. The Morgan fingerprint density at radius 2 is 1.90 bits per heavy atom. The van der Waals surface area contributed by atoms with Crippen molar-refractivity contribution in [2.24, 2.45) is 5.92 Å². The Labute approximate surface area is 68.5 Å². The summed E-state index contributed by atoms with van der Waals surface area (Å²) in [5.41, 5.74) is 0. The molecule has 0 aliphatic carbocycles. The normalized spacial score (nSPS) is 15.8. The molecule has 62 valence electrons. The fourth-order valence-corrected chi connectivity index (χ4v) is 2.81. The minimum Gasteiger partial charge on any atom is -0.323 e.